The van der Waals surface area contributed by atoms with Crippen LogP contribution in [0.3, 0.4) is 0 Å². The number of aryl methyl sites for hydroxylation is 2. The summed E-state index contributed by atoms with van der Waals surface area (Å²) in [6, 6.07) is 7.25. The van der Waals surface area contributed by atoms with Crippen molar-refractivity contribution in [3.05, 3.63) is 51.0 Å². The van der Waals surface area contributed by atoms with Crippen LogP contribution in [0.2, 0.25) is 0 Å². The third kappa shape index (κ3) is 9.77. The lowest BCUT2D eigenvalue weighted by Crippen LogP contribution is -2.37. The summed E-state index contributed by atoms with van der Waals surface area (Å²) in [6.45, 7) is 3.95. The van der Waals surface area contributed by atoms with Gasteiger partial charge in [-0.3, -0.25) is 4.99 Å². The van der Waals surface area contributed by atoms with Crippen LogP contribution in [-0.4, -0.2) is 37.3 Å². The molecule has 0 aliphatic rings. The van der Waals surface area contributed by atoms with Crippen molar-refractivity contribution in [3.8, 4) is 0 Å². The molecule has 1 aromatic carbocycles. The Labute approximate surface area is 190 Å². The summed E-state index contributed by atoms with van der Waals surface area (Å²) >= 11 is 1.70. The Hall–Kier alpha value is -1.40. The highest BCUT2D eigenvalue weighted by Crippen LogP contribution is 2.17. The highest BCUT2D eigenvalue weighted by molar-refractivity contribution is 14.0. The van der Waals surface area contributed by atoms with Gasteiger partial charge in [-0.2, -0.15) is 13.2 Å². The molecule has 0 atom stereocenters. The maximum Gasteiger partial charge on any atom is 0.411 e. The van der Waals surface area contributed by atoms with Gasteiger partial charge in [-0.15, -0.1) is 35.3 Å². The van der Waals surface area contributed by atoms with Crippen LogP contribution in [0, 0.1) is 13.8 Å². The molecule has 0 saturated heterocycles. The molecule has 0 spiro atoms. The van der Waals surface area contributed by atoms with E-state index >= 15 is 0 Å². The zero-order chi connectivity index (χ0) is 20.6. The Bertz CT molecular complexity index is 777. The van der Waals surface area contributed by atoms with Crippen LogP contribution in [0.4, 0.5) is 13.2 Å². The van der Waals surface area contributed by atoms with Gasteiger partial charge in [0.2, 0.25) is 0 Å². The minimum Gasteiger partial charge on any atom is -0.367 e. The standard InChI is InChI=1S/C19H25F3N4OS.HI/c1-13-14(2)28-17(26-13)7-8-24-18(23-3)25-10-15-5-4-6-16(9-15)11-27-12-19(20,21)22;/h4-6,9H,7-8,10-12H2,1-3H3,(H2,23,24,25);1H. The number of aromatic nitrogens is 1. The smallest absolute Gasteiger partial charge is 0.367 e. The fourth-order valence-corrected chi connectivity index (χ4v) is 3.39. The molecule has 5 nitrogen and oxygen atoms in total. The minimum atomic E-state index is -4.31. The molecule has 1 aromatic heterocycles. The van der Waals surface area contributed by atoms with Crippen molar-refractivity contribution in [2.45, 2.75) is 39.6 Å². The van der Waals surface area contributed by atoms with Crippen molar-refractivity contribution in [1.82, 2.24) is 15.6 Å². The number of rotatable bonds is 8. The van der Waals surface area contributed by atoms with E-state index in [1.807, 2.05) is 19.1 Å². The SMILES string of the molecule is CN=C(NCCc1nc(C)c(C)s1)NCc1cccc(COCC(F)(F)F)c1.I. The first-order valence-electron chi connectivity index (χ1n) is 8.86. The maximum absolute atomic E-state index is 12.2. The molecule has 2 rings (SSSR count). The average molecular weight is 542 g/mol. The van der Waals surface area contributed by atoms with Gasteiger partial charge < -0.3 is 15.4 Å². The number of alkyl halides is 3. The Balaban J connectivity index is 0.00000420. The van der Waals surface area contributed by atoms with Gasteiger partial charge in [0.25, 0.3) is 0 Å². The van der Waals surface area contributed by atoms with E-state index in [4.69, 9.17) is 4.74 Å². The summed E-state index contributed by atoms with van der Waals surface area (Å²) in [5, 5.41) is 7.52. The lowest BCUT2D eigenvalue weighted by molar-refractivity contribution is -0.176. The topological polar surface area (TPSA) is 58.5 Å². The number of hydrogen-bond donors (Lipinski definition) is 2. The normalized spacial score (nSPS) is 11.9. The maximum atomic E-state index is 12.2. The van der Waals surface area contributed by atoms with Gasteiger partial charge in [0, 0.05) is 31.4 Å². The van der Waals surface area contributed by atoms with Crippen LogP contribution in [0.5, 0.6) is 0 Å². The van der Waals surface area contributed by atoms with E-state index in [9.17, 15) is 13.2 Å². The number of aliphatic imine (C=N–C) groups is 1. The van der Waals surface area contributed by atoms with Crippen LogP contribution in [0.25, 0.3) is 0 Å². The molecule has 29 heavy (non-hydrogen) atoms. The molecule has 0 aliphatic heterocycles. The first-order chi connectivity index (χ1) is 13.3. The van der Waals surface area contributed by atoms with Crippen LogP contribution < -0.4 is 10.6 Å². The molecule has 1 heterocycles. The lowest BCUT2D eigenvalue weighted by Gasteiger charge is -2.12. The number of halogens is 4. The van der Waals surface area contributed by atoms with Crippen molar-refractivity contribution < 1.29 is 17.9 Å². The van der Waals surface area contributed by atoms with Gasteiger partial charge in [0.1, 0.15) is 6.61 Å². The summed E-state index contributed by atoms with van der Waals surface area (Å²) < 4.78 is 41.2. The van der Waals surface area contributed by atoms with E-state index in [-0.39, 0.29) is 30.6 Å². The quantitative estimate of drug-likeness (QED) is 0.296. The molecule has 0 unspecified atom stereocenters. The summed E-state index contributed by atoms with van der Waals surface area (Å²) in [7, 11) is 1.69. The summed E-state index contributed by atoms with van der Waals surface area (Å²) in [5.74, 6) is 0.656. The summed E-state index contributed by atoms with van der Waals surface area (Å²) in [6.07, 6.45) is -3.50. The Kier molecular flexibility index (Phi) is 10.9. The number of ether oxygens (including phenoxy) is 1. The zero-order valence-corrected chi connectivity index (χ0v) is 19.7. The van der Waals surface area contributed by atoms with Gasteiger partial charge in [-0.05, 0) is 25.0 Å². The van der Waals surface area contributed by atoms with Gasteiger partial charge >= 0.3 is 6.18 Å². The number of hydrogen-bond acceptors (Lipinski definition) is 4. The minimum absolute atomic E-state index is 0. The molecular weight excluding hydrogens is 516 g/mol. The predicted molar refractivity (Wildman–Crippen MR) is 121 cm³/mol. The highest BCUT2D eigenvalue weighted by Gasteiger charge is 2.27. The third-order valence-corrected chi connectivity index (χ3v) is 5.05. The Morgan fingerprint density at radius 1 is 1.21 bits per heavy atom. The molecule has 0 bridgehead atoms. The molecule has 162 valence electrons. The Morgan fingerprint density at radius 2 is 1.93 bits per heavy atom. The fraction of sp³-hybridized carbons (Fsp3) is 0.474. The second-order valence-corrected chi connectivity index (χ2v) is 7.57. The third-order valence-electron chi connectivity index (χ3n) is 3.91. The first kappa shape index (κ1) is 25.6. The molecule has 2 aromatic rings. The van der Waals surface area contributed by atoms with Crippen molar-refractivity contribution in [1.29, 1.82) is 0 Å². The second-order valence-electron chi connectivity index (χ2n) is 6.28. The number of nitrogens with one attached hydrogen (secondary N) is 2. The monoisotopic (exact) mass is 542 g/mol. The lowest BCUT2D eigenvalue weighted by atomic mass is 10.1. The molecule has 2 N–H and O–H groups in total. The molecule has 0 fully saturated rings. The average Bonchev–Trinajstić information content (AvgIpc) is 2.95. The highest BCUT2D eigenvalue weighted by atomic mass is 127. The molecule has 0 amide bonds. The van der Waals surface area contributed by atoms with Gasteiger partial charge in [-0.1, -0.05) is 24.3 Å². The van der Waals surface area contributed by atoms with E-state index in [1.54, 1.807) is 30.5 Å². The van der Waals surface area contributed by atoms with E-state index in [0.29, 0.717) is 24.6 Å². The van der Waals surface area contributed by atoms with Crippen LogP contribution in [-0.2, 0) is 24.3 Å². The van der Waals surface area contributed by atoms with Crippen molar-refractivity contribution in [2.24, 2.45) is 4.99 Å². The van der Waals surface area contributed by atoms with E-state index in [0.717, 1.165) is 22.7 Å². The number of thiazole rings is 1. The van der Waals surface area contributed by atoms with Crippen molar-refractivity contribution in [2.75, 3.05) is 20.2 Å². The van der Waals surface area contributed by atoms with Crippen molar-refractivity contribution in [3.63, 3.8) is 0 Å². The van der Waals surface area contributed by atoms with Crippen LogP contribution in [0.15, 0.2) is 29.3 Å². The van der Waals surface area contributed by atoms with Gasteiger partial charge in [0.15, 0.2) is 5.96 Å². The summed E-state index contributed by atoms with van der Waals surface area (Å²) in [5.41, 5.74) is 2.70. The predicted octanol–water partition coefficient (Wildman–Crippen LogP) is 4.36. The largest absolute Gasteiger partial charge is 0.411 e. The number of guanidine groups is 1. The van der Waals surface area contributed by atoms with Crippen LogP contribution in [0.1, 0.15) is 26.7 Å². The van der Waals surface area contributed by atoms with Gasteiger partial charge in [0.05, 0.1) is 17.3 Å². The fourth-order valence-electron chi connectivity index (χ4n) is 2.45. The molecule has 0 saturated carbocycles. The first-order valence-corrected chi connectivity index (χ1v) is 9.68. The Morgan fingerprint density at radius 3 is 2.55 bits per heavy atom. The summed E-state index contributed by atoms with van der Waals surface area (Å²) in [4.78, 5) is 9.93. The molecule has 10 heteroatoms. The van der Waals surface area contributed by atoms with Gasteiger partial charge in [-0.25, -0.2) is 4.98 Å². The molecular formula is C19H26F3IN4OS. The van der Waals surface area contributed by atoms with Crippen molar-refractivity contribution >= 4 is 41.3 Å². The number of nitrogens with zero attached hydrogens (tertiary/aromatic N) is 2. The van der Waals surface area contributed by atoms with E-state index in [2.05, 4.69) is 27.5 Å². The zero-order valence-electron chi connectivity index (χ0n) is 16.6. The molecule has 0 aliphatic carbocycles. The molecule has 0 radical (unpaired) electrons. The van der Waals surface area contributed by atoms with E-state index < -0.39 is 12.8 Å². The number of benzene rings is 1. The van der Waals surface area contributed by atoms with E-state index in [1.165, 1.54) is 4.88 Å². The second kappa shape index (κ2) is 12.3. The van der Waals surface area contributed by atoms with Crippen LogP contribution >= 0.6 is 35.3 Å².